The molecule has 1 N–H and O–H groups in total. The van der Waals surface area contributed by atoms with Crippen molar-refractivity contribution in [3.8, 4) is 17.2 Å². The predicted octanol–water partition coefficient (Wildman–Crippen LogP) is 3.03. The van der Waals surface area contributed by atoms with E-state index in [0.717, 1.165) is 11.3 Å². The second-order valence-electron chi connectivity index (χ2n) is 4.83. The van der Waals surface area contributed by atoms with Gasteiger partial charge in [-0.2, -0.15) is 0 Å². The number of carbonyl (C=O) groups is 1. The molecule has 0 aliphatic rings. The van der Waals surface area contributed by atoms with Crippen molar-refractivity contribution in [1.29, 1.82) is 0 Å². The summed E-state index contributed by atoms with van der Waals surface area (Å²) in [5.74, 6) is 1.93. The standard InChI is InChI=1S/C18H21NO4/c1-4-23-16-10-5-13(11-17(16)22-3)12-19-18(20)14-6-8-15(21-2)9-7-14/h5-11H,4,12H2,1-3H3,(H,19,20). The molecule has 1 amide bonds. The largest absolute Gasteiger partial charge is 0.497 e. The molecular weight excluding hydrogens is 294 g/mol. The van der Waals surface area contributed by atoms with E-state index in [0.29, 0.717) is 30.2 Å². The van der Waals surface area contributed by atoms with Gasteiger partial charge in [0, 0.05) is 12.1 Å². The van der Waals surface area contributed by atoms with E-state index >= 15 is 0 Å². The van der Waals surface area contributed by atoms with Crippen LogP contribution in [0.3, 0.4) is 0 Å². The Morgan fingerprint density at radius 3 is 2.35 bits per heavy atom. The number of nitrogens with one attached hydrogen (secondary N) is 1. The van der Waals surface area contributed by atoms with Crippen molar-refractivity contribution in [1.82, 2.24) is 5.32 Å². The van der Waals surface area contributed by atoms with E-state index in [9.17, 15) is 4.79 Å². The van der Waals surface area contributed by atoms with E-state index in [4.69, 9.17) is 14.2 Å². The third-order valence-electron chi connectivity index (χ3n) is 3.33. The minimum atomic E-state index is -0.138. The maximum atomic E-state index is 12.1. The first-order chi connectivity index (χ1) is 11.2. The molecule has 2 rings (SSSR count). The summed E-state index contributed by atoms with van der Waals surface area (Å²) in [6, 6.07) is 12.6. The molecule has 0 saturated carbocycles. The highest BCUT2D eigenvalue weighted by Gasteiger charge is 2.08. The second kappa shape index (κ2) is 8.08. The molecule has 2 aromatic carbocycles. The van der Waals surface area contributed by atoms with E-state index in [1.165, 1.54) is 0 Å². The number of methoxy groups -OCH3 is 2. The second-order valence-corrected chi connectivity index (χ2v) is 4.83. The van der Waals surface area contributed by atoms with Gasteiger partial charge in [-0.05, 0) is 48.9 Å². The van der Waals surface area contributed by atoms with Crippen LogP contribution in [0.15, 0.2) is 42.5 Å². The zero-order valence-corrected chi connectivity index (χ0v) is 13.6. The minimum Gasteiger partial charge on any atom is -0.497 e. The summed E-state index contributed by atoms with van der Waals surface area (Å²) >= 11 is 0. The first kappa shape index (κ1) is 16.7. The average Bonchev–Trinajstić information content (AvgIpc) is 2.60. The molecule has 0 bridgehead atoms. The first-order valence-electron chi connectivity index (χ1n) is 7.40. The molecule has 5 heteroatoms. The van der Waals surface area contributed by atoms with Crippen LogP contribution in [-0.4, -0.2) is 26.7 Å². The van der Waals surface area contributed by atoms with Crippen molar-refractivity contribution < 1.29 is 19.0 Å². The molecule has 0 atom stereocenters. The molecule has 0 spiro atoms. The monoisotopic (exact) mass is 315 g/mol. The van der Waals surface area contributed by atoms with Gasteiger partial charge in [0.15, 0.2) is 11.5 Å². The van der Waals surface area contributed by atoms with Gasteiger partial charge in [0.2, 0.25) is 0 Å². The van der Waals surface area contributed by atoms with Gasteiger partial charge < -0.3 is 19.5 Å². The Labute approximate surface area is 136 Å². The molecule has 0 saturated heterocycles. The Morgan fingerprint density at radius 1 is 1.00 bits per heavy atom. The molecule has 0 radical (unpaired) electrons. The van der Waals surface area contributed by atoms with Gasteiger partial charge in [-0.3, -0.25) is 4.79 Å². The van der Waals surface area contributed by atoms with Crippen molar-refractivity contribution in [2.24, 2.45) is 0 Å². The lowest BCUT2D eigenvalue weighted by atomic mass is 10.1. The van der Waals surface area contributed by atoms with Crippen molar-refractivity contribution in [2.75, 3.05) is 20.8 Å². The van der Waals surface area contributed by atoms with E-state index in [2.05, 4.69) is 5.32 Å². The smallest absolute Gasteiger partial charge is 0.251 e. The number of rotatable bonds is 7. The number of carbonyl (C=O) groups excluding carboxylic acids is 1. The summed E-state index contributed by atoms with van der Waals surface area (Å²) < 4.78 is 15.9. The number of ether oxygens (including phenoxy) is 3. The van der Waals surface area contributed by atoms with Crippen LogP contribution in [0.2, 0.25) is 0 Å². The summed E-state index contributed by atoms with van der Waals surface area (Å²) in [6.45, 7) is 2.90. The van der Waals surface area contributed by atoms with Gasteiger partial charge in [0.1, 0.15) is 5.75 Å². The highest BCUT2D eigenvalue weighted by molar-refractivity contribution is 5.94. The lowest BCUT2D eigenvalue weighted by Gasteiger charge is -2.11. The Kier molecular flexibility index (Phi) is 5.86. The Bertz CT molecular complexity index is 653. The summed E-state index contributed by atoms with van der Waals surface area (Å²) in [6.07, 6.45) is 0. The molecule has 0 aliphatic carbocycles. The molecule has 23 heavy (non-hydrogen) atoms. The SMILES string of the molecule is CCOc1ccc(CNC(=O)c2ccc(OC)cc2)cc1OC. The topological polar surface area (TPSA) is 56.8 Å². The van der Waals surface area contributed by atoms with E-state index < -0.39 is 0 Å². The van der Waals surface area contributed by atoms with Gasteiger partial charge >= 0.3 is 0 Å². The normalized spacial score (nSPS) is 10.0. The molecule has 2 aromatic rings. The van der Waals surface area contributed by atoms with Crippen LogP contribution in [-0.2, 0) is 6.54 Å². The van der Waals surface area contributed by atoms with Gasteiger partial charge in [-0.1, -0.05) is 6.07 Å². The lowest BCUT2D eigenvalue weighted by Crippen LogP contribution is -2.22. The summed E-state index contributed by atoms with van der Waals surface area (Å²) in [7, 11) is 3.19. The van der Waals surface area contributed by atoms with Crippen molar-refractivity contribution in [3.63, 3.8) is 0 Å². The number of hydrogen-bond donors (Lipinski definition) is 1. The number of benzene rings is 2. The predicted molar refractivity (Wildman–Crippen MR) is 88.3 cm³/mol. The number of amides is 1. The van der Waals surface area contributed by atoms with Gasteiger partial charge in [-0.25, -0.2) is 0 Å². The zero-order chi connectivity index (χ0) is 16.7. The maximum absolute atomic E-state index is 12.1. The third kappa shape index (κ3) is 4.39. The van der Waals surface area contributed by atoms with Crippen LogP contribution >= 0.6 is 0 Å². The fourth-order valence-corrected chi connectivity index (χ4v) is 2.12. The highest BCUT2D eigenvalue weighted by Crippen LogP contribution is 2.28. The zero-order valence-electron chi connectivity index (χ0n) is 13.6. The van der Waals surface area contributed by atoms with E-state index in [-0.39, 0.29) is 5.91 Å². The van der Waals surface area contributed by atoms with E-state index in [1.54, 1.807) is 38.5 Å². The average molecular weight is 315 g/mol. The third-order valence-corrected chi connectivity index (χ3v) is 3.33. The van der Waals surface area contributed by atoms with Crippen LogP contribution in [0.5, 0.6) is 17.2 Å². The molecule has 122 valence electrons. The molecule has 5 nitrogen and oxygen atoms in total. The Morgan fingerprint density at radius 2 is 1.74 bits per heavy atom. The fraction of sp³-hybridized carbons (Fsp3) is 0.278. The Balaban J connectivity index is 2.00. The van der Waals surface area contributed by atoms with Crippen molar-refractivity contribution in [2.45, 2.75) is 13.5 Å². The van der Waals surface area contributed by atoms with Crippen LogP contribution in [0.1, 0.15) is 22.8 Å². The quantitative estimate of drug-likeness (QED) is 0.853. The molecule has 0 aliphatic heterocycles. The fourth-order valence-electron chi connectivity index (χ4n) is 2.12. The van der Waals surface area contributed by atoms with Crippen LogP contribution in [0, 0.1) is 0 Å². The molecule has 0 heterocycles. The first-order valence-corrected chi connectivity index (χ1v) is 7.40. The summed E-state index contributed by atoms with van der Waals surface area (Å²) in [5, 5.41) is 2.88. The van der Waals surface area contributed by atoms with Crippen molar-refractivity contribution in [3.05, 3.63) is 53.6 Å². The van der Waals surface area contributed by atoms with Gasteiger partial charge in [0.05, 0.1) is 20.8 Å². The summed E-state index contributed by atoms with van der Waals surface area (Å²) in [5.41, 5.74) is 1.52. The molecule has 0 unspecified atom stereocenters. The van der Waals surface area contributed by atoms with Gasteiger partial charge in [0.25, 0.3) is 5.91 Å². The van der Waals surface area contributed by atoms with Crippen LogP contribution in [0.4, 0.5) is 0 Å². The molecule has 0 aromatic heterocycles. The Hall–Kier alpha value is -2.69. The maximum Gasteiger partial charge on any atom is 0.251 e. The number of hydrogen-bond acceptors (Lipinski definition) is 4. The molecule has 0 fully saturated rings. The highest BCUT2D eigenvalue weighted by atomic mass is 16.5. The van der Waals surface area contributed by atoms with Crippen LogP contribution in [0.25, 0.3) is 0 Å². The van der Waals surface area contributed by atoms with Crippen molar-refractivity contribution >= 4 is 5.91 Å². The van der Waals surface area contributed by atoms with Gasteiger partial charge in [-0.15, -0.1) is 0 Å². The molecular formula is C18H21NO4. The minimum absolute atomic E-state index is 0.138. The summed E-state index contributed by atoms with van der Waals surface area (Å²) in [4.78, 5) is 12.1. The van der Waals surface area contributed by atoms with Crippen LogP contribution < -0.4 is 19.5 Å². The van der Waals surface area contributed by atoms with E-state index in [1.807, 2.05) is 25.1 Å². The lowest BCUT2D eigenvalue weighted by molar-refractivity contribution is 0.0951.